The van der Waals surface area contributed by atoms with Gasteiger partial charge in [0.15, 0.2) is 5.65 Å². The summed E-state index contributed by atoms with van der Waals surface area (Å²) in [6, 6.07) is 9.75. The number of pyridine rings is 1. The molecule has 1 aromatic carbocycles. The monoisotopic (exact) mass is 431 g/mol. The van der Waals surface area contributed by atoms with Crippen LogP contribution in [-0.2, 0) is 13.0 Å². The standard InChI is InChI=1S/C24H25N5O3/c1-2-11-29-21-20(23(31)28-24(29)32)17(12-19(27-21)14-7-8-14)22(30)25-10-9-15-13-26-18-6-4-3-5-16(15)18/h3-6,12-14,26H,2,7-11H2,1H3,(H,25,30)(H,28,31,32). The summed E-state index contributed by atoms with van der Waals surface area (Å²) in [7, 11) is 0. The van der Waals surface area contributed by atoms with Crippen molar-refractivity contribution in [2.45, 2.75) is 45.1 Å². The van der Waals surface area contributed by atoms with Gasteiger partial charge in [-0.1, -0.05) is 25.1 Å². The van der Waals surface area contributed by atoms with E-state index in [0.29, 0.717) is 31.6 Å². The molecule has 0 saturated heterocycles. The van der Waals surface area contributed by atoms with E-state index in [1.807, 2.05) is 37.4 Å². The lowest BCUT2D eigenvalue weighted by Gasteiger charge is -2.13. The first-order valence-corrected chi connectivity index (χ1v) is 11.1. The average Bonchev–Trinajstić information content (AvgIpc) is 3.57. The van der Waals surface area contributed by atoms with Crippen molar-refractivity contribution in [3.8, 4) is 0 Å². The number of aromatic nitrogens is 4. The van der Waals surface area contributed by atoms with E-state index in [0.717, 1.165) is 35.0 Å². The Balaban J connectivity index is 1.48. The van der Waals surface area contributed by atoms with Gasteiger partial charge in [-0.25, -0.2) is 9.78 Å². The van der Waals surface area contributed by atoms with Crippen LogP contribution in [-0.4, -0.2) is 32.0 Å². The minimum Gasteiger partial charge on any atom is -0.361 e. The van der Waals surface area contributed by atoms with Crippen molar-refractivity contribution in [3.05, 3.63) is 74.2 Å². The normalized spacial score (nSPS) is 13.7. The van der Waals surface area contributed by atoms with E-state index in [2.05, 4.69) is 20.3 Å². The maximum atomic E-state index is 13.2. The second-order valence-electron chi connectivity index (χ2n) is 8.34. The van der Waals surface area contributed by atoms with Gasteiger partial charge in [-0.3, -0.25) is 19.1 Å². The number of nitrogens with zero attached hydrogens (tertiary/aromatic N) is 2. The van der Waals surface area contributed by atoms with Crippen molar-refractivity contribution in [1.82, 2.24) is 24.8 Å². The van der Waals surface area contributed by atoms with Crippen molar-refractivity contribution >= 4 is 27.8 Å². The maximum Gasteiger partial charge on any atom is 0.329 e. The molecule has 8 heteroatoms. The summed E-state index contributed by atoms with van der Waals surface area (Å²) >= 11 is 0. The van der Waals surface area contributed by atoms with Gasteiger partial charge in [0.1, 0.15) is 0 Å². The smallest absolute Gasteiger partial charge is 0.329 e. The highest BCUT2D eigenvalue weighted by Gasteiger charge is 2.28. The van der Waals surface area contributed by atoms with Crippen LogP contribution < -0.4 is 16.6 Å². The molecule has 0 unspecified atom stereocenters. The van der Waals surface area contributed by atoms with Crippen molar-refractivity contribution < 1.29 is 4.79 Å². The molecule has 0 aliphatic heterocycles. The molecule has 32 heavy (non-hydrogen) atoms. The summed E-state index contributed by atoms with van der Waals surface area (Å²) < 4.78 is 1.46. The third kappa shape index (κ3) is 3.62. The summed E-state index contributed by atoms with van der Waals surface area (Å²) in [5.74, 6) is -0.0482. The van der Waals surface area contributed by atoms with Gasteiger partial charge < -0.3 is 10.3 Å². The van der Waals surface area contributed by atoms with E-state index in [1.165, 1.54) is 4.57 Å². The number of benzene rings is 1. The van der Waals surface area contributed by atoms with Crippen LogP contribution in [0.1, 0.15) is 53.7 Å². The summed E-state index contributed by atoms with van der Waals surface area (Å²) in [6.45, 7) is 2.80. The molecule has 4 aromatic rings. The third-order valence-corrected chi connectivity index (χ3v) is 6.01. The molecule has 3 aromatic heterocycles. The molecule has 3 heterocycles. The molecule has 164 valence electrons. The predicted molar refractivity (Wildman–Crippen MR) is 123 cm³/mol. The van der Waals surface area contributed by atoms with Gasteiger partial charge in [-0.05, 0) is 43.4 Å². The highest BCUT2D eigenvalue weighted by atomic mass is 16.2. The van der Waals surface area contributed by atoms with Crippen LogP contribution in [0.15, 0.2) is 46.1 Å². The molecular formula is C24H25N5O3. The summed E-state index contributed by atoms with van der Waals surface area (Å²) in [5.41, 5.74) is 2.46. The van der Waals surface area contributed by atoms with Gasteiger partial charge in [-0.2, -0.15) is 0 Å². The van der Waals surface area contributed by atoms with Gasteiger partial charge in [0.25, 0.3) is 11.5 Å². The Labute approximate surface area is 183 Å². The summed E-state index contributed by atoms with van der Waals surface area (Å²) in [5, 5.41) is 4.26. The first kappa shape index (κ1) is 20.2. The number of nitrogens with one attached hydrogen (secondary N) is 3. The van der Waals surface area contributed by atoms with E-state index < -0.39 is 11.2 Å². The molecule has 8 nitrogen and oxygen atoms in total. The quantitative estimate of drug-likeness (QED) is 0.418. The molecule has 0 bridgehead atoms. The zero-order valence-electron chi connectivity index (χ0n) is 17.9. The maximum absolute atomic E-state index is 13.2. The molecule has 1 fully saturated rings. The van der Waals surface area contributed by atoms with Gasteiger partial charge in [0, 0.05) is 41.8 Å². The molecular weight excluding hydrogens is 406 g/mol. The van der Waals surface area contributed by atoms with Crippen molar-refractivity contribution in [1.29, 1.82) is 0 Å². The molecule has 3 N–H and O–H groups in total. The van der Waals surface area contributed by atoms with E-state index in [1.54, 1.807) is 6.07 Å². The highest BCUT2D eigenvalue weighted by molar-refractivity contribution is 6.05. The zero-order chi connectivity index (χ0) is 22.2. The lowest BCUT2D eigenvalue weighted by atomic mass is 10.1. The second kappa shape index (κ2) is 8.11. The number of aryl methyl sites for hydroxylation is 1. The fourth-order valence-corrected chi connectivity index (χ4v) is 4.24. The predicted octanol–water partition coefficient (Wildman–Crippen LogP) is 2.83. The number of rotatable bonds is 7. The Morgan fingerprint density at radius 3 is 2.84 bits per heavy atom. The Morgan fingerprint density at radius 2 is 2.06 bits per heavy atom. The number of aromatic amines is 2. The highest BCUT2D eigenvalue weighted by Crippen LogP contribution is 2.39. The van der Waals surface area contributed by atoms with Crippen molar-refractivity contribution in [3.63, 3.8) is 0 Å². The second-order valence-corrected chi connectivity index (χ2v) is 8.34. The Morgan fingerprint density at radius 1 is 1.25 bits per heavy atom. The van der Waals surface area contributed by atoms with Crippen molar-refractivity contribution in [2.24, 2.45) is 0 Å². The molecule has 1 aliphatic carbocycles. The van der Waals surface area contributed by atoms with E-state index in [4.69, 9.17) is 0 Å². The van der Waals surface area contributed by atoms with Crippen LogP contribution in [0, 0.1) is 0 Å². The molecule has 1 aliphatic rings. The molecule has 0 spiro atoms. The van der Waals surface area contributed by atoms with Gasteiger partial charge in [0.2, 0.25) is 0 Å². The van der Waals surface area contributed by atoms with Gasteiger partial charge >= 0.3 is 5.69 Å². The van der Waals surface area contributed by atoms with Gasteiger partial charge in [0.05, 0.1) is 10.9 Å². The SMILES string of the molecule is CCCn1c(=O)[nH]c(=O)c2c(C(=O)NCCc3c[nH]c4ccccc34)cc(C3CC3)nc21. The molecule has 1 saturated carbocycles. The Hall–Kier alpha value is -3.68. The minimum absolute atomic E-state index is 0.173. The first-order valence-electron chi connectivity index (χ1n) is 11.1. The number of hydrogen-bond acceptors (Lipinski definition) is 4. The summed E-state index contributed by atoms with van der Waals surface area (Å²) in [6.07, 6.45) is 5.33. The number of hydrogen-bond donors (Lipinski definition) is 3. The molecule has 0 radical (unpaired) electrons. The van der Waals surface area contributed by atoms with E-state index in [-0.39, 0.29) is 22.8 Å². The lowest BCUT2D eigenvalue weighted by molar-refractivity contribution is 0.0955. The van der Waals surface area contributed by atoms with Crippen LogP contribution in [0.2, 0.25) is 0 Å². The van der Waals surface area contributed by atoms with Crippen LogP contribution in [0.4, 0.5) is 0 Å². The fourth-order valence-electron chi connectivity index (χ4n) is 4.24. The number of carbonyl (C=O) groups is 1. The van der Waals surface area contributed by atoms with E-state index in [9.17, 15) is 14.4 Å². The Kier molecular flexibility index (Phi) is 5.13. The summed E-state index contributed by atoms with van der Waals surface area (Å²) in [4.78, 5) is 48.5. The van der Waals surface area contributed by atoms with Crippen LogP contribution in [0.25, 0.3) is 21.9 Å². The molecule has 1 amide bonds. The molecule has 5 rings (SSSR count). The zero-order valence-corrected chi connectivity index (χ0v) is 17.9. The van der Waals surface area contributed by atoms with Crippen LogP contribution >= 0.6 is 0 Å². The third-order valence-electron chi connectivity index (χ3n) is 6.01. The number of carbonyl (C=O) groups excluding carboxylic acids is 1. The largest absolute Gasteiger partial charge is 0.361 e. The Bertz CT molecular complexity index is 1440. The molecule has 0 atom stereocenters. The fraction of sp³-hybridized carbons (Fsp3) is 0.333. The number of amides is 1. The van der Waals surface area contributed by atoms with Crippen LogP contribution in [0.3, 0.4) is 0 Å². The first-order chi connectivity index (χ1) is 15.6. The number of para-hydroxylation sites is 1. The van der Waals surface area contributed by atoms with E-state index >= 15 is 0 Å². The topological polar surface area (TPSA) is 113 Å². The number of fused-ring (bicyclic) bond motifs is 2. The minimum atomic E-state index is -0.575. The number of H-pyrrole nitrogens is 2. The van der Waals surface area contributed by atoms with Gasteiger partial charge in [-0.15, -0.1) is 0 Å². The van der Waals surface area contributed by atoms with Crippen molar-refractivity contribution in [2.75, 3.05) is 6.54 Å². The van der Waals surface area contributed by atoms with Crippen LogP contribution in [0.5, 0.6) is 0 Å². The lowest BCUT2D eigenvalue weighted by Crippen LogP contribution is -2.34. The average molecular weight is 431 g/mol.